The van der Waals surface area contributed by atoms with Crippen LogP contribution in [0.2, 0.25) is 0 Å². The fourth-order valence-electron chi connectivity index (χ4n) is 2.46. The Labute approximate surface area is 176 Å². The Morgan fingerprint density at radius 1 is 1.04 bits per heavy atom. The van der Waals surface area contributed by atoms with Crippen molar-refractivity contribution in [1.29, 1.82) is 0 Å². The molecule has 27 heavy (non-hydrogen) atoms. The molecule has 0 heterocycles. The van der Waals surface area contributed by atoms with Gasteiger partial charge in [-0.05, 0) is 48.7 Å². The molecule has 0 spiro atoms. The van der Waals surface area contributed by atoms with Crippen LogP contribution in [0.5, 0.6) is 0 Å². The Balaban J connectivity index is 0.00000364. The number of carbonyl (C=O) groups is 1. The number of benzene rings is 2. The Bertz CT molecular complexity index is 750. The summed E-state index contributed by atoms with van der Waals surface area (Å²) in [6.45, 7) is 3.75. The Morgan fingerprint density at radius 3 is 2.41 bits per heavy atom. The number of carbonyl (C=O) groups excluding carboxylic acids is 1. The van der Waals surface area contributed by atoms with E-state index in [0.29, 0.717) is 37.6 Å². The van der Waals surface area contributed by atoms with Gasteiger partial charge in [-0.2, -0.15) is 0 Å². The van der Waals surface area contributed by atoms with Gasteiger partial charge in [-0.3, -0.25) is 9.79 Å². The topological polar surface area (TPSA) is 65.5 Å². The molecule has 5 nitrogen and oxygen atoms in total. The van der Waals surface area contributed by atoms with E-state index in [-0.39, 0.29) is 35.7 Å². The maximum atomic E-state index is 13.2. The summed E-state index contributed by atoms with van der Waals surface area (Å²) in [6.07, 6.45) is 0.708. The molecule has 3 N–H and O–H groups in total. The third-order valence-electron chi connectivity index (χ3n) is 3.83. The van der Waals surface area contributed by atoms with E-state index in [1.54, 1.807) is 13.1 Å². The molecule has 7 heteroatoms. The summed E-state index contributed by atoms with van der Waals surface area (Å²) in [7, 11) is 1.70. The summed E-state index contributed by atoms with van der Waals surface area (Å²) < 4.78 is 13.2. The number of hydrogen-bond donors (Lipinski definition) is 3. The zero-order chi connectivity index (χ0) is 18.8. The molecule has 2 rings (SSSR count). The summed E-state index contributed by atoms with van der Waals surface area (Å²) in [6, 6.07) is 14.0. The minimum atomic E-state index is -0.221. The number of nitrogens with one attached hydrogen (secondary N) is 3. The van der Waals surface area contributed by atoms with E-state index in [9.17, 15) is 9.18 Å². The third-order valence-corrected chi connectivity index (χ3v) is 3.83. The minimum absolute atomic E-state index is 0. The number of guanidine groups is 1. The molecular formula is C20H26FIN4O. The van der Waals surface area contributed by atoms with Gasteiger partial charge in [0.15, 0.2) is 5.96 Å². The Kier molecular flexibility index (Phi) is 10.4. The van der Waals surface area contributed by atoms with Crippen LogP contribution in [0.1, 0.15) is 28.4 Å². The third kappa shape index (κ3) is 7.94. The minimum Gasteiger partial charge on any atom is -0.356 e. The second-order valence-corrected chi connectivity index (χ2v) is 5.79. The van der Waals surface area contributed by atoms with Crippen LogP contribution in [-0.4, -0.2) is 32.0 Å². The number of nitrogens with zero attached hydrogens (tertiary/aromatic N) is 1. The lowest BCUT2D eigenvalue weighted by Crippen LogP contribution is -2.37. The highest BCUT2D eigenvalue weighted by molar-refractivity contribution is 14.0. The number of aliphatic imine (C=N–C) groups is 1. The normalized spacial score (nSPS) is 10.7. The number of amides is 1. The molecule has 0 aromatic heterocycles. The first-order chi connectivity index (χ1) is 12.6. The van der Waals surface area contributed by atoms with Crippen LogP contribution in [0, 0.1) is 5.82 Å². The molecule has 0 saturated carbocycles. The van der Waals surface area contributed by atoms with Gasteiger partial charge in [-0.15, -0.1) is 24.0 Å². The summed E-state index contributed by atoms with van der Waals surface area (Å²) >= 11 is 0. The van der Waals surface area contributed by atoms with Gasteiger partial charge in [0.1, 0.15) is 5.82 Å². The lowest BCUT2D eigenvalue weighted by atomic mass is 10.1. The van der Waals surface area contributed by atoms with Crippen molar-refractivity contribution in [2.75, 3.05) is 20.1 Å². The van der Waals surface area contributed by atoms with E-state index < -0.39 is 0 Å². The van der Waals surface area contributed by atoms with Crippen molar-refractivity contribution in [2.45, 2.75) is 19.9 Å². The molecule has 0 aliphatic heterocycles. The second kappa shape index (κ2) is 12.3. The van der Waals surface area contributed by atoms with Gasteiger partial charge in [0.05, 0.1) is 0 Å². The van der Waals surface area contributed by atoms with Crippen molar-refractivity contribution in [3.05, 3.63) is 71.0 Å². The van der Waals surface area contributed by atoms with Gasteiger partial charge < -0.3 is 16.0 Å². The van der Waals surface area contributed by atoms with Crippen LogP contribution in [0.15, 0.2) is 53.5 Å². The molecule has 146 valence electrons. The highest BCUT2D eigenvalue weighted by atomic mass is 127. The molecule has 0 saturated heterocycles. The van der Waals surface area contributed by atoms with Crippen molar-refractivity contribution < 1.29 is 9.18 Å². The van der Waals surface area contributed by atoms with Crippen LogP contribution >= 0.6 is 24.0 Å². The molecule has 0 aliphatic rings. The zero-order valence-corrected chi connectivity index (χ0v) is 17.9. The number of hydrogen-bond acceptors (Lipinski definition) is 2. The van der Waals surface area contributed by atoms with E-state index >= 15 is 0 Å². The van der Waals surface area contributed by atoms with Gasteiger partial charge in [0, 0.05) is 32.2 Å². The number of halogens is 2. The SMILES string of the molecule is CCNC(=O)c1ccc(CNC(=NC)NCCc2cccc(F)c2)cc1.I. The van der Waals surface area contributed by atoms with Crippen LogP contribution in [0.4, 0.5) is 4.39 Å². The van der Waals surface area contributed by atoms with Crippen LogP contribution in [0.3, 0.4) is 0 Å². The maximum Gasteiger partial charge on any atom is 0.251 e. The van der Waals surface area contributed by atoms with Crippen LogP contribution < -0.4 is 16.0 Å². The average Bonchev–Trinajstić information content (AvgIpc) is 2.65. The molecule has 2 aromatic rings. The first kappa shape index (κ1) is 22.9. The van der Waals surface area contributed by atoms with Crippen molar-refractivity contribution in [2.24, 2.45) is 4.99 Å². The van der Waals surface area contributed by atoms with E-state index in [1.165, 1.54) is 12.1 Å². The van der Waals surface area contributed by atoms with Crippen LogP contribution in [-0.2, 0) is 13.0 Å². The van der Waals surface area contributed by atoms with Gasteiger partial charge in [0.2, 0.25) is 0 Å². The second-order valence-electron chi connectivity index (χ2n) is 5.79. The average molecular weight is 484 g/mol. The lowest BCUT2D eigenvalue weighted by Gasteiger charge is -2.12. The first-order valence-corrected chi connectivity index (χ1v) is 8.68. The summed E-state index contributed by atoms with van der Waals surface area (Å²) in [4.78, 5) is 15.9. The zero-order valence-electron chi connectivity index (χ0n) is 15.6. The van der Waals surface area contributed by atoms with Gasteiger partial charge in [0.25, 0.3) is 5.91 Å². The van der Waals surface area contributed by atoms with E-state index in [2.05, 4.69) is 20.9 Å². The predicted molar refractivity (Wildman–Crippen MR) is 118 cm³/mol. The van der Waals surface area contributed by atoms with Gasteiger partial charge in [-0.25, -0.2) is 4.39 Å². The molecule has 0 atom stereocenters. The van der Waals surface area contributed by atoms with E-state index in [1.807, 2.05) is 37.3 Å². The van der Waals surface area contributed by atoms with Crippen molar-refractivity contribution in [1.82, 2.24) is 16.0 Å². The predicted octanol–water partition coefficient (Wildman–Crippen LogP) is 3.10. The lowest BCUT2D eigenvalue weighted by molar-refractivity contribution is 0.0956. The highest BCUT2D eigenvalue weighted by Crippen LogP contribution is 2.05. The molecule has 1 amide bonds. The Morgan fingerprint density at radius 2 is 1.78 bits per heavy atom. The molecule has 2 aromatic carbocycles. The molecule has 0 aliphatic carbocycles. The van der Waals surface area contributed by atoms with E-state index in [0.717, 1.165) is 11.1 Å². The molecule has 0 bridgehead atoms. The smallest absolute Gasteiger partial charge is 0.251 e. The summed E-state index contributed by atoms with van der Waals surface area (Å²) in [5.74, 6) is 0.386. The van der Waals surface area contributed by atoms with Crippen molar-refractivity contribution >= 4 is 35.8 Å². The van der Waals surface area contributed by atoms with Crippen molar-refractivity contribution in [3.63, 3.8) is 0 Å². The van der Waals surface area contributed by atoms with E-state index in [4.69, 9.17) is 0 Å². The maximum absolute atomic E-state index is 13.2. The first-order valence-electron chi connectivity index (χ1n) is 8.68. The Hall–Kier alpha value is -2.16. The van der Waals surface area contributed by atoms with Crippen LogP contribution in [0.25, 0.3) is 0 Å². The van der Waals surface area contributed by atoms with Gasteiger partial charge in [-0.1, -0.05) is 24.3 Å². The molecule has 0 radical (unpaired) electrons. The quantitative estimate of drug-likeness (QED) is 0.322. The van der Waals surface area contributed by atoms with Crippen molar-refractivity contribution in [3.8, 4) is 0 Å². The monoisotopic (exact) mass is 484 g/mol. The molecule has 0 fully saturated rings. The highest BCUT2D eigenvalue weighted by Gasteiger charge is 2.04. The molecular weight excluding hydrogens is 458 g/mol. The fraction of sp³-hybridized carbons (Fsp3) is 0.300. The largest absolute Gasteiger partial charge is 0.356 e. The molecule has 0 unspecified atom stereocenters. The number of rotatable bonds is 7. The standard InChI is InChI=1S/C20H25FN4O.HI/c1-3-23-19(26)17-9-7-16(8-10-17)14-25-20(22-2)24-12-11-15-5-4-6-18(21)13-15;/h4-10,13H,3,11-12,14H2,1-2H3,(H,23,26)(H2,22,24,25);1H. The summed E-state index contributed by atoms with van der Waals surface area (Å²) in [5, 5.41) is 9.20. The van der Waals surface area contributed by atoms with Gasteiger partial charge >= 0.3 is 0 Å². The summed E-state index contributed by atoms with van der Waals surface area (Å²) in [5.41, 5.74) is 2.63. The fourth-order valence-corrected chi connectivity index (χ4v) is 2.46.